The van der Waals surface area contributed by atoms with Gasteiger partial charge in [-0.25, -0.2) is 4.98 Å². The van der Waals surface area contributed by atoms with Crippen molar-refractivity contribution in [3.8, 4) is 11.5 Å². The van der Waals surface area contributed by atoms with Gasteiger partial charge in [-0.3, -0.25) is 14.9 Å². The van der Waals surface area contributed by atoms with Gasteiger partial charge in [0.15, 0.2) is 15.8 Å². The molecule has 0 bridgehead atoms. The van der Waals surface area contributed by atoms with E-state index in [1.165, 1.54) is 29.2 Å². The van der Waals surface area contributed by atoms with Crippen LogP contribution in [0.5, 0.6) is 11.5 Å². The Morgan fingerprint density at radius 3 is 2.67 bits per heavy atom. The highest BCUT2D eigenvalue weighted by molar-refractivity contribution is 8.01. The Hall–Kier alpha value is -3.11. The second-order valence-corrected chi connectivity index (χ2v) is 9.71. The van der Waals surface area contributed by atoms with Crippen LogP contribution in [0.1, 0.15) is 40.5 Å². The van der Waals surface area contributed by atoms with E-state index in [0.717, 1.165) is 28.4 Å². The summed E-state index contributed by atoms with van der Waals surface area (Å²) in [6.07, 6.45) is 1.66. The van der Waals surface area contributed by atoms with E-state index in [2.05, 4.69) is 4.98 Å². The minimum Gasteiger partial charge on any atom is -0.493 e. The van der Waals surface area contributed by atoms with Gasteiger partial charge in [0, 0.05) is 29.2 Å². The molecular formula is C23H23N3O5S2. The van der Waals surface area contributed by atoms with E-state index in [-0.39, 0.29) is 17.6 Å². The second kappa shape index (κ2) is 9.80. The number of hydrogen-bond acceptors (Lipinski definition) is 8. The molecule has 1 aliphatic heterocycles. The number of benzene rings is 2. The fourth-order valence-corrected chi connectivity index (χ4v) is 5.81. The molecule has 0 saturated carbocycles. The highest BCUT2D eigenvalue weighted by atomic mass is 32.2. The Bertz CT molecular complexity index is 1200. The van der Waals surface area contributed by atoms with Crippen LogP contribution in [-0.2, 0) is 0 Å². The zero-order valence-corrected chi connectivity index (χ0v) is 20.1. The maximum Gasteiger partial charge on any atom is 0.284 e. The van der Waals surface area contributed by atoms with E-state index in [1.54, 1.807) is 31.3 Å². The largest absolute Gasteiger partial charge is 0.493 e. The Morgan fingerprint density at radius 2 is 2.00 bits per heavy atom. The molecule has 2 aromatic carbocycles. The lowest BCUT2D eigenvalue weighted by molar-refractivity contribution is -0.387. The number of nitrogens with zero attached hydrogens (tertiary/aromatic N) is 3. The first-order valence-corrected chi connectivity index (χ1v) is 12.0. The molecule has 0 spiro atoms. The third-order valence-corrected chi connectivity index (χ3v) is 7.63. The maximum atomic E-state index is 13.4. The van der Waals surface area contributed by atoms with E-state index in [4.69, 9.17) is 9.47 Å². The number of carbonyl (C=O) groups is 1. The van der Waals surface area contributed by atoms with Crippen LogP contribution in [0.25, 0.3) is 0 Å². The molecule has 172 valence electrons. The predicted octanol–water partition coefficient (Wildman–Crippen LogP) is 5.51. The van der Waals surface area contributed by atoms with Gasteiger partial charge in [-0.2, -0.15) is 0 Å². The molecule has 1 atom stereocenters. The van der Waals surface area contributed by atoms with Crippen molar-refractivity contribution in [3.05, 3.63) is 68.7 Å². The lowest BCUT2D eigenvalue weighted by Gasteiger charge is -2.26. The number of hydrogen-bond donors (Lipinski definition) is 0. The maximum absolute atomic E-state index is 13.4. The van der Waals surface area contributed by atoms with Gasteiger partial charge in [0.2, 0.25) is 0 Å². The average molecular weight is 486 g/mol. The number of likely N-dealkylation sites (tertiary alicyclic amines) is 1. The van der Waals surface area contributed by atoms with E-state index < -0.39 is 4.92 Å². The van der Waals surface area contributed by atoms with E-state index in [1.807, 2.05) is 30.5 Å². The molecule has 1 amide bonds. The summed E-state index contributed by atoms with van der Waals surface area (Å²) in [4.78, 5) is 31.3. The SMILES string of the molecule is COc1ccc(C2CCCN2C(=O)c2ccc(Sc3nc(C)cs3)c([N+](=O)[O-])c2)cc1OC. The summed E-state index contributed by atoms with van der Waals surface area (Å²) in [5.41, 5.74) is 2.01. The highest BCUT2D eigenvalue weighted by Gasteiger charge is 2.32. The molecule has 1 aromatic heterocycles. The standard InChI is InChI=1S/C23H23N3O5S2/c1-14-13-32-23(24-14)33-21-9-7-16(11-18(21)26(28)29)22(27)25-10-4-5-17(25)15-6-8-19(30-2)20(12-15)31-3/h6-9,11-13,17H,4-5,10H2,1-3H3. The highest BCUT2D eigenvalue weighted by Crippen LogP contribution is 2.40. The predicted molar refractivity (Wildman–Crippen MR) is 127 cm³/mol. The first kappa shape index (κ1) is 23.1. The van der Waals surface area contributed by atoms with Gasteiger partial charge in [-0.15, -0.1) is 11.3 Å². The van der Waals surface area contributed by atoms with Gasteiger partial charge >= 0.3 is 0 Å². The second-order valence-electron chi connectivity index (χ2n) is 7.57. The van der Waals surface area contributed by atoms with Gasteiger partial charge in [-0.05, 0) is 49.6 Å². The third-order valence-electron chi connectivity index (χ3n) is 5.50. The van der Waals surface area contributed by atoms with E-state index >= 15 is 0 Å². The van der Waals surface area contributed by atoms with Gasteiger partial charge < -0.3 is 14.4 Å². The third kappa shape index (κ3) is 4.81. The van der Waals surface area contributed by atoms with Crippen LogP contribution in [0.15, 0.2) is 51.0 Å². The van der Waals surface area contributed by atoms with E-state index in [0.29, 0.717) is 28.5 Å². The van der Waals surface area contributed by atoms with E-state index in [9.17, 15) is 14.9 Å². The Labute approximate surface area is 199 Å². The molecule has 10 heteroatoms. The fourth-order valence-electron chi connectivity index (χ4n) is 3.93. The molecule has 3 aromatic rings. The molecule has 33 heavy (non-hydrogen) atoms. The Morgan fingerprint density at radius 1 is 1.21 bits per heavy atom. The molecule has 0 aliphatic carbocycles. The molecule has 0 radical (unpaired) electrons. The summed E-state index contributed by atoms with van der Waals surface area (Å²) >= 11 is 2.67. The van der Waals surface area contributed by atoms with Crippen molar-refractivity contribution in [2.45, 2.75) is 35.0 Å². The van der Waals surface area contributed by atoms with Gasteiger partial charge in [0.1, 0.15) is 0 Å². The number of aryl methyl sites for hydroxylation is 1. The molecule has 1 saturated heterocycles. The summed E-state index contributed by atoms with van der Waals surface area (Å²) in [7, 11) is 3.15. The molecule has 2 heterocycles. The van der Waals surface area contributed by atoms with Gasteiger partial charge in [0.25, 0.3) is 11.6 Å². The van der Waals surface area contributed by atoms with Crippen LogP contribution in [0.3, 0.4) is 0 Å². The summed E-state index contributed by atoms with van der Waals surface area (Å²) in [5, 5.41) is 13.7. The number of ether oxygens (including phenoxy) is 2. The normalized spacial score (nSPS) is 15.5. The Balaban J connectivity index is 1.61. The number of thiazole rings is 1. The summed E-state index contributed by atoms with van der Waals surface area (Å²) in [6, 6.07) is 10.2. The van der Waals surface area contributed by atoms with Crippen molar-refractivity contribution < 1.29 is 19.2 Å². The molecule has 8 nitrogen and oxygen atoms in total. The van der Waals surface area contributed by atoms with Crippen molar-refractivity contribution in [1.29, 1.82) is 0 Å². The topological polar surface area (TPSA) is 94.8 Å². The fraction of sp³-hybridized carbons (Fsp3) is 0.304. The zero-order valence-electron chi connectivity index (χ0n) is 18.4. The molecule has 1 fully saturated rings. The number of amides is 1. The lowest BCUT2D eigenvalue weighted by Crippen LogP contribution is -2.30. The molecule has 1 unspecified atom stereocenters. The monoisotopic (exact) mass is 485 g/mol. The number of rotatable bonds is 7. The van der Waals surface area contributed by atoms with Crippen LogP contribution in [0.4, 0.5) is 5.69 Å². The first-order chi connectivity index (χ1) is 15.9. The quantitative estimate of drug-likeness (QED) is 0.322. The van der Waals surface area contributed by atoms with Crippen molar-refractivity contribution >= 4 is 34.7 Å². The molecular weight excluding hydrogens is 462 g/mol. The Kier molecular flexibility index (Phi) is 6.85. The number of nitro groups is 1. The molecule has 1 aliphatic rings. The number of carbonyl (C=O) groups excluding carboxylic acids is 1. The number of nitro benzene ring substituents is 1. The van der Waals surface area contributed by atoms with Crippen LogP contribution in [-0.4, -0.2) is 41.5 Å². The number of methoxy groups -OCH3 is 2. The van der Waals surface area contributed by atoms with Crippen LogP contribution in [0, 0.1) is 17.0 Å². The number of aromatic nitrogens is 1. The smallest absolute Gasteiger partial charge is 0.284 e. The van der Waals surface area contributed by atoms with Crippen LogP contribution < -0.4 is 9.47 Å². The van der Waals surface area contributed by atoms with Crippen molar-refractivity contribution in [3.63, 3.8) is 0 Å². The molecule has 0 N–H and O–H groups in total. The van der Waals surface area contributed by atoms with Crippen LogP contribution >= 0.6 is 23.1 Å². The van der Waals surface area contributed by atoms with Gasteiger partial charge in [-0.1, -0.05) is 17.8 Å². The average Bonchev–Trinajstić information content (AvgIpc) is 3.47. The minimum absolute atomic E-state index is 0.0967. The first-order valence-electron chi connectivity index (χ1n) is 10.3. The lowest BCUT2D eigenvalue weighted by atomic mass is 10.0. The van der Waals surface area contributed by atoms with Crippen LogP contribution in [0.2, 0.25) is 0 Å². The molecule has 4 rings (SSSR count). The van der Waals surface area contributed by atoms with Crippen molar-refractivity contribution in [2.75, 3.05) is 20.8 Å². The van der Waals surface area contributed by atoms with Crippen molar-refractivity contribution in [2.24, 2.45) is 0 Å². The summed E-state index contributed by atoms with van der Waals surface area (Å²) < 4.78 is 11.5. The van der Waals surface area contributed by atoms with Crippen molar-refractivity contribution in [1.82, 2.24) is 9.88 Å². The zero-order chi connectivity index (χ0) is 23.5. The summed E-state index contributed by atoms with van der Waals surface area (Å²) in [6.45, 7) is 2.46. The minimum atomic E-state index is -0.449. The van der Waals surface area contributed by atoms with Gasteiger partial charge in [0.05, 0.1) is 30.1 Å². The summed E-state index contributed by atoms with van der Waals surface area (Å²) in [5.74, 6) is 0.997.